The Morgan fingerprint density at radius 3 is 2.37 bits per heavy atom. The lowest BCUT2D eigenvalue weighted by molar-refractivity contribution is 0.212. The van der Waals surface area contributed by atoms with Crippen LogP contribution in [0.1, 0.15) is 46.0 Å². The summed E-state index contributed by atoms with van der Waals surface area (Å²) < 4.78 is 11.3. The molecular formula is C16H27O2Si. The van der Waals surface area contributed by atoms with Gasteiger partial charge in [-0.25, -0.2) is 0 Å². The molecular weight excluding hydrogens is 252 g/mol. The summed E-state index contributed by atoms with van der Waals surface area (Å²) in [5.41, 5.74) is 0. The third-order valence-electron chi connectivity index (χ3n) is 3.34. The summed E-state index contributed by atoms with van der Waals surface area (Å²) in [6.07, 6.45) is 6.81. The molecule has 1 rings (SSSR count). The summed E-state index contributed by atoms with van der Waals surface area (Å²) in [4.78, 5) is 0. The maximum absolute atomic E-state index is 6.15. The second-order valence-corrected chi connectivity index (χ2v) is 6.99. The van der Waals surface area contributed by atoms with Gasteiger partial charge in [0.25, 0.3) is 0 Å². The molecule has 0 saturated heterocycles. The van der Waals surface area contributed by atoms with Crippen LogP contribution in [0.25, 0.3) is 0 Å². The lowest BCUT2D eigenvalue weighted by Gasteiger charge is -2.18. The molecule has 1 aromatic rings. The van der Waals surface area contributed by atoms with Gasteiger partial charge in [-0.05, 0) is 37.2 Å². The van der Waals surface area contributed by atoms with E-state index >= 15 is 0 Å². The fraction of sp³-hybridized carbons (Fsp3) is 0.625. The van der Waals surface area contributed by atoms with Crippen molar-refractivity contribution in [2.45, 2.75) is 58.6 Å². The van der Waals surface area contributed by atoms with Crippen LogP contribution in [0.3, 0.4) is 0 Å². The van der Waals surface area contributed by atoms with Gasteiger partial charge in [-0.15, -0.1) is 0 Å². The van der Waals surface area contributed by atoms with Gasteiger partial charge in [-0.2, -0.15) is 0 Å². The largest absolute Gasteiger partial charge is 0.497 e. The van der Waals surface area contributed by atoms with E-state index < -0.39 is 9.04 Å². The summed E-state index contributed by atoms with van der Waals surface area (Å²) in [6.45, 7) is 6.66. The maximum Gasteiger partial charge on any atom is 0.243 e. The molecule has 1 aromatic carbocycles. The maximum atomic E-state index is 6.15. The number of hydrogen-bond acceptors (Lipinski definition) is 2. The SMILES string of the molecule is CCCCCCC(C)O[Si](C)c1ccc(OC)cc1. The third kappa shape index (κ3) is 6.26. The molecule has 0 aliphatic rings. The predicted octanol–water partition coefficient (Wildman–Crippen LogP) is 3.90. The summed E-state index contributed by atoms with van der Waals surface area (Å²) in [5, 5.41) is 1.31. The first-order chi connectivity index (χ1) is 9.17. The minimum Gasteiger partial charge on any atom is -0.497 e. The van der Waals surface area contributed by atoms with Gasteiger partial charge in [0.15, 0.2) is 0 Å². The summed E-state index contributed by atoms with van der Waals surface area (Å²) >= 11 is 0. The molecule has 1 unspecified atom stereocenters. The first kappa shape index (κ1) is 16.3. The third-order valence-corrected chi connectivity index (χ3v) is 5.24. The highest BCUT2D eigenvalue weighted by atomic mass is 28.3. The fourth-order valence-corrected chi connectivity index (χ4v) is 3.61. The van der Waals surface area contributed by atoms with Crippen molar-refractivity contribution in [3.63, 3.8) is 0 Å². The first-order valence-corrected chi connectivity index (χ1v) is 9.22. The van der Waals surface area contributed by atoms with Crippen molar-refractivity contribution in [3.8, 4) is 5.75 Å². The molecule has 0 spiro atoms. The van der Waals surface area contributed by atoms with Crippen molar-refractivity contribution in [1.82, 2.24) is 0 Å². The van der Waals surface area contributed by atoms with Crippen molar-refractivity contribution in [2.75, 3.05) is 7.11 Å². The van der Waals surface area contributed by atoms with Crippen molar-refractivity contribution in [2.24, 2.45) is 0 Å². The minimum absolute atomic E-state index is 0.373. The van der Waals surface area contributed by atoms with Crippen LogP contribution in [0.15, 0.2) is 24.3 Å². The highest BCUT2D eigenvalue weighted by Gasteiger charge is 2.13. The molecule has 2 nitrogen and oxygen atoms in total. The second kappa shape index (κ2) is 9.16. The van der Waals surface area contributed by atoms with E-state index in [0.717, 1.165) is 5.75 Å². The number of methoxy groups -OCH3 is 1. The van der Waals surface area contributed by atoms with E-state index in [1.807, 2.05) is 12.1 Å². The van der Waals surface area contributed by atoms with E-state index in [-0.39, 0.29) is 0 Å². The molecule has 0 aromatic heterocycles. The highest BCUT2D eigenvalue weighted by molar-refractivity contribution is 6.66. The Bertz CT molecular complexity index is 337. The number of ether oxygens (including phenoxy) is 1. The number of hydrogen-bond donors (Lipinski definition) is 0. The molecule has 0 aliphatic carbocycles. The minimum atomic E-state index is -0.888. The van der Waals surface area contributed by atoms with Crippen LogP contribution in [0, 0.1) is 0 Å². The fourth-order valence-electron chi connectivity index (χ4n) is 2.11. The van der Waals surface area contributed by atoms with Crippen molar-refractivity contribution >= 4 is 14.2 Å². The first-order valence-electron chi connectivity index (χ1n) is 7.32. The van der Waals surface area contributed by atoms with Crippen molar-refractivity contribution in [3.05, 3.63) is 24.3 Å². The topological polar surface area (TPSA) is 18.5 Å². The quantitative estimate of drug-likeness (QED) is 0.504. The predicted molar refractivity (Wildman–Crippen MR) is 83.6 cm³/mol. The van der Waals surface area contributed by atoms with Gasteiger partial charge in [0.05, 0.1) is 7.11 Å². The zero-order valence-electron chi connectivity index (χ0n) is 12.7. The molecule has 0 aliphatic heterocycles. The monoisotopic (exact) mass is 279 g/mol. The van der Waals surface area contributed by atoms with E-state index in [4.69, 9.17) is 9.16 Å². The molecule has 0 amide bonds. The summed E-state index contributed by atoms with van der Waals surface area (Å²) in [7, 11) is 0.808. The lowest BCUT2D eigenvalue weighted by atomic mass is 10.1. The van der Waals surface area contributed by atoms with E-state index in [1.54, 1.807) is 7.11 Å². The van der Waals surface area contributed by atoms with Gasteiger partial charge in [-0.1, -0.05) is 44.7 Å². The average Bonchev–Trinajstić information content (AvgIpc) is 2.43. The molecule has 0 bridgehead atoms. The van der Waals surface area contributed by atoms with Gasteiger partial charge < -0.3 is 9.16 Å². The van der Waals surface area contributed by atoms with Gasteiger partial charge in [0, 0.05) is 6.10 Å². The van der Waals surface area contributed by atoms with E-state index in [9.17, 15) is 0 Å². The van der Waals surface area contributed by atoms with Crippen LogP contribution in [0.5, 0.6) is 5.75 Å². The normalized spacial score (nSPS) is 12.7. The summed E-state index contributed by atoms with van der Waals surface area (Å²) in [5.74, 6) is 0.908. The molecule has 19 heavy (non-hydrogen) atoms. The van der Waals surface area contributed by atoms with Crippen LogP contribution in [-0.2, 0) is 4.43 Å². The molecule has 1 atom stereocenters. The second-order valence-electron chi connectivity index (χ2n) is 5.06. The zero-order chi connectivity index (χ0) is 14.1. The molecule has 1 radical (unpaired) electrons. The Hall–Kier alpha value is -0.803. The van der Waals surface area contributed by atoms with Gasteiger partial charge in [-0.3, -0.25) is 0 Å². The molecule has 107 valence electrons. The highest BCUT2D eigenvalue weighted by Crippen LogP contribution is 2.10. The van der Waals surface area contributed by atoms with E-state index in [0.29, 0.717) is 6.10 Å². The van der Waals surface area contributed by atoms with Crippen LogP contribution in [0.2, 0.25) is 6.55 Å². The van der Waals surface area contributed by atoms with Crippen molar-refractivity contribution in [1.29, 1.82) is 0 Å². The Morgan fingerprint density at radius 1 is 1.11 bits per heavy atom. The van der Waals surface area contributed by atoms with Crippen LogP contribution in [0.4, 0.5) is 0 Å². The van der Waals surface area contributed by atoms with Crippen LogP contribution in [-0.4, -0.2) is 22.3 Å². The lowest BCUT2D eigenvalue weighted by Crippen LogP contribution is -2.33. The molecule has 0 fully saturated rings. The summed E-state index contributed by atoms with van der Waals surface area (Å²) in [6, 6.07) is 8.27. The van der Waals surface area contributed by atoms with Gasteiger partial charge in [0.1, 0.15) is 5.75 Å². The number of benzene rings is 1. The Morgan fingerprint density at radius 2 is 1.79 bits per heavy atom. The average molecular weight is 279 g/mol. The Kier molecular flexibility index (Phi) is 7.83. The van der Waals surface area contributed by atoms with Crippen LogP contribution < -0.4 is 9.92 Å². The Labute approximate surface area is 119 Å². The zero-order valence-corrected chi connectivity index (χ0v) is 13.7. The molecule has 3 heteroatoms. The van der Waals surface area contributed by atoms with Gasteiger partial charge >= 0.3 is 0 Å². The Balaban J connectivity index is 2.33. The number of rotatable bonds is 9. The standard InChI is InChI=1S/C16H27O2Si/c1-5-6-7-8-9-14(2)18-19(4)16-12-10-15(17-3)11-13-16/h10-14H,5-9H2,1-4H3. The van der Waals surface area contributed by atoms with Gasteiger partial charge in [0.2, 0.25) is 9.04 Å². The molecule has 0 N–H and O–H groups in total. The number of unbranched alkanes of at least 4 members (excludes halogenated alkanes) is 3. The van der Waals surface area contributed by atoms with E-state index in [1.165, 1.54) is 37.3 Å². The molecule has 0 saturated carbocycles. The van der Waals surface area contributed by atoms with Crippen LogP contribution >= 0.6 is 0 Å². The molecule has 0 heterocycles. The smallest absolute Gasteiger partial charge is 0.243 e. The van der Waals surface area contributed by atoms with Crippen molar-refractivity contribution < 1.29 is 9.16 Å². The van der Waals surface area contributed by atoms with E-state index in [2.05, 4.69) is 32.5 Å².